The van der Waals surface area contributed by atoms with Crippen molar-refractivity contribution in [2.45, 2.75) is 58.0 Å². The largest absolute Gasteiger partial charge is 0.487 e. The van der Waals surface area contributed by atoms with Crippen molar-refractivity contribution in [3.05, 3.63) is 54.2 Å². The van der Waals surface area contributed by atoms with Gasteiger partial charge in [-0.05, 0) is 57.2 Å². The number of fused-ring (bicyclic) bond motifs is 1. The minimum Gasteiger partial charge on any atom is -0.487 e. The maximum absolute atomic E-state index is 13.9. The maximum Gasteiger partial charge on any atom is 0.419 e. The number of aryl methyl sites for hydroxylation is 1. The lowest BCUT2D eigenvalue weighted by Crippen LogP contribution is -2.24. The first-order valence-electron chi connectivity index (χ1n) is 12.6. The fraction of sp³-hybridized carbons (Fsp3) is 0.393. The Morgan fingerprint density at radius 1 is 1.15 bits per heavy atom. The number of carbonyl (C=O) groups excluding carboxylic acids is 1. The van der Waals surface area contributed by atoms with Crippen LogP contribution in [0.15, 0.2) is 53.2 Å². The van der Waals surface area contributed by atoms with Gasteiger partial charge in [0.15, 0.2) is 0 Å². The van der Waals surface area contributed by atoms with Gasteiger partial charge in [-0.25, -0.2) is 0 Å². The number of benzene rings is 2. The molecule has 1 fully saturated rings. The van der Waals surface area contributed by atoms with Crippen molar-refractivity contribution in [3.8, 4) is 28.6 Å². The Balaban J connectivity index is 1.39. The van der Waals surface area contributed by atoms with Crippen molar-refractivity contribution in [2.75, 3.05) is 13.2 Å². The molecule has 0 radical (unpaired) electrons. The zero-order valence-corrected chi connectivity index (χ0v) is 21.7. The van der Waals surface area contributed by atoms with Gasteiger partial charge in [0.1, 0.15) is 17.5 Å². The third kappa shape index (κ3) is 6.08. The molecule has 0 spiro atoms. The second-order valence-electron chi connectivity index (χ2n) is 10.3. The van der Waals surface area contributed by atoms with Crippen LogP contribution < -0.4 is 4.74 Å². The molecule has 1 aliphatic rings. The van der Waals surface area contributed by atoms with Gasteiger partial charge in [0, 0.05) is 41.2 Å². The fourth-order valence-electron chi connectivity index (χ4n) is 4.44. The lowest BCUT2D eigenvalue weighted by molar-refractivity contribution is -0.155. The van der Waals surface area contributed by atoms with E-state index in [0.29, 0.717) is 25.1 Å². The standard InChI is InChI=1S/C28H28F3N3O5/c1-27(2,3)38-24(35)10-13-34-12-9-19-20(5-4-6-22(19)34)26-32-25(33-39-26)17-7-8-23(21(15-17)28(29,30)31)37-18-11-14-36-16-18/h4-9,12,15,18H,10-11,13-14,16H2,1-3H3/t18-/m1/s1. The maximum atomic E-state index is 13.9. The minimum absolute atomic E-state index is 0.0209. The summed E-state index contributed by atoms with van der Waals surface area (Å²) in [6.45, 7) is 6.58. The van der Waals surface area contributed by atoms with Crippen LogP contribution in [0.4, 0.5) is 13.2 Å². The Kier molecular flexibility index (Phi) is 7.11. The molecule has 4 aromatic rings. The minimum atomic E-state index is -4.63. The van der Waals surface area contributed by atoms with Crippen LogP contribution in [0.3, 0.4) is 0 Å². The lowest BCUT2D eigenvalue weighted by Gasteiger charge is -2.19. The molecule has 206 valence electrons. The van der Waals surface area contributed by atoms with E-state index in [1.54, 1.807) is 6.07 Å². The molecule has 1 saturated heterocycles. The highest BCUT2D eigenvalue weighted by molar-refractivity contribution is 5.93. The number of alkyl halides is 3. The molecule has 5 rings (SSSR count). The molecule has 39 heavy (non-hydrogen) atoms. The van der Waals surface area contributed by atoms with Crippen LogP contribution in [0.25, 0.3) is 33.7 Å². The van der Waals surface area contributed by atoms with E-state index in [0.717, 1.165) is 17.0 Å². The zero-order chi connectivity index (χ0) is 27.8. The molecule has 1 aliphatic heterocycles. The summed E-state index contributed by atoms with van der Waals surface area (Å²) < 4.78 is 65.1. The highest BCUT2D eigenvalue weighted by atomic mass is 19.4. The van der Waals surface area contributed by atoms with Gasteiger partial charge in [0.2, 0.25) is 5.82 Å². The number of aromatic nitrogens is 3. The van der Waals surface area contributed by atoms with E-state index in [4.69, 9.17) is 18.7 Å². The highest BCUT2D eigenvalue weighted by Gasteiger charge is 2.36. The Morgan fingerprint density at radius 3 is 2.69 bits per heavy atom. The van der Waals surface area contributed by atoms with E-state index in [-0.39, 0.29) is 42.0 Å². The van der Waals surface area contributed by atoms with Crippen LogP contribution in [0, 0.1) is 0 Å². The first kappa shape index (κ1) is 26.7. The predicted molar refractivity (Wildman–Crippen MR) is 136 cm³/mol. The molecular weight excluding hydrogens is 515 g/mol. The van der Waals surface area contributed by atoms with E-state index < -0.39 is 23.4 Å². The van der Waals surface area contributed by atoms with E-state index in [1.807, 2.05) is 49.7 Å². The Morgan fingerprint density at radius 2 is 1.97 bits per heavy atom. The summed E-state index contributed by atoms with van der Waals surface area (Å²) >= 11 is 0. The average molecular weight is 544 g/mol. The fourth-order valence-corrected chi connectivity index (χ4v) is 4.44. The summed E-state index contributed by atoms with van der Waals surface area (Å²) in [5.74, 6) is -0.374. The van der Waals surface area contributed by atoms with Crippen molar-refractivity contribution in [1.29, 1.82) is 0 Å². The number of hydrogen-bond acceptors (Lipinski definition) is 7. The van der Waals surface area contributed by atoms with Crippen molar-refractivity contribution >= 4 is 16.9 Å². The van der Waals surface area contributed by atoms with Crippen LogP contribution in [-0.4, -0.2) is 45.6 Å². The molecule has 2 aromatic carbocycles. The summed E-state index contributed by atoms with van der Waals surface area (Å²) in [7, 11) is 0. The Hall–Kier alpha value is -3.86. The normalized spacial score (nSPS) is 16.1. The zero-order valence-electron chi connectivity index (χ0n) is 21.7. The van der Waals surface area contributed by atoms with Crippen LogP contribution >= 0.6 is 0 Å². The van der Waals surface area contributed by atoms with Gasteiger partial charge in [-0.1, -0.05) is 11.2 Å². The quantitative estimate of drug-likeness (QED) is 0.254. The molecule has 0 amide bonds. The third-order valence-corrected chi connectivity index (χ3v) is 6.17. The smallest absolute Gasteiger partial charge is 0.419 e. The molecule has 8 nitrogen and oxygen atoms in total. The van der Waals surface area contributed by atoms with Crippen LogP contribution in [0.5, 0.6) is 5.75 Å². The van der Waals surface area contributed by atoms with Gasteiger partial charge in [0.05, 0.1) is 25.2 Å². The van der Waals surface area contributed by atoms with Gasteiger partial charge in [-0.2, -0.15) is 18.2 Å². The Labute approximate surface area is 222 Å². The van der Waals surface area contributed by atoms with Gasteiger partial charge in [-0.15, -0.1) is 0 Å². The molecule has 11 heteroatoms. The van der Waals surface area contributed by atoms with Crippen molar-refractivity contribution in [2.24, 2.45) is 0 Å². The third-order valence-electron chi connectivity index (χ3n) is 6.17. The van der Waals surface area contributed by atoms with Crippen LogP contribution in [-0.2, 0) is 27.0 Å². The molecule has 0 aliphatic carbocycles. The lowest BCUT2D eigenvalue weighted by atomic mass is 10.1. The molecule has 0 N–H and O–H groups in total. The topological polar surface area (TPSA) is 88.6 Å². The molecule has 0 unspecified atom stereocenters. The number of carbonyl (C=O) groups is 1. The molecule has 2 aromatic heterocycles. The number of halogens is 3. The second-order valence-corrected chi connectivity index (χ2v) is 10.3. The molecule has 3 heterocycles. The number of rotatable bonds is 7. The van der Waals surface area contributed by atoms with E-state index in [1.165, 1.54) is 12.1 Å². The summed E-state index contributed by atoms with van der Waals surface area (Å²) in [6.07, 6.45) is -2.48. The van der Waals surface area contributed by atoms with Gasteiger partial charge in [0.25, 0.3) is 5.89 Å². The first-order valence-corrected chi connectivity index (χ1v) is 12.6. The van der Waals surface area contributed by atoms with Crippen molar-refractivity contribution < 1.29 is 36.7 Å². The molecule has 0 saturated carbocycles. The van der Waals surface area contributed by atoms with E-state index in [9.17, 15) is 18.0 Å². The average Bonchev–Trinajstić information content (AvgIpc) is 3.62. The summed E-state index contributed by atoms with van der Waals surface area (Å²) in [5, 5.41) is 4.75. The van der Waals surface area contributed by atoms with Gasteiger partial charge >= 0.3 is 12.1 Å². The Bertz CT molecular complexity index is 1480. The number of hydrogen-bond donors (Lipinski definition) is 0. The molecular formula is C28H28F3N3O5. The molecule has 1 atom stereocenters. The first-order chi connectivity index (χ1) is 18.5. The SMILES string of the molecule is CC(C)(C)OC(=O)CCn1ccc2c(-c3nc(-c4ccc(O[C@@H]5CCOC5)c(C(F)(F)F)c4)no3)cccc21. The van der Waals surface area contributed by atoms with Crippen molar-refractivity contribution in [3.63, 3.8) is 0 Å². The van der Waals surface area contributed by atoms with Crippen LogP contribution in [0.1, 0.15) is 39.2 Å². The highest BCUT2D eigenvalue weighted by Crippen LogP contribution is 2.39. The second kappa shape index (κ2) is 10.4. The number of esters is 1. The van der Waals surface area contributed by atoms with E-state index in [2.05, 4.69) is 10.1 Å². The predicted octanol–water partition coefficient (Wildman–Crippen LogP) is 6.28. The summed E-state index contributed by atoms with van der Waals surface area (Å²) in [6, 6.07) is 11.1. The summed E-state index contributed by atoms with van der Waals surface area (Å²) in [5.41, 5.74) is 0.140. The van der Waals surface area contributed by atoms with Gasteiger partial charge < -0.3 is 23.3 Å². The number of nitrogens with zero attached hydrogens (tertiary/aromatic N) is 3. The summed E-state index contributed by atoms with van der Waals surface area (Å²) in [4.78, 5) is 16.5. The van der Waals surface area contributed by atoms with E-state index >= 15 is 0 Å². The van der Waals surface area contributed by atoms with Crippen LogP contribution in [0.2, 0.25) is 0 Å². The molecule has 0 bridgehead atoms. The van der Waals surface area contributed by atoms with Gasteiger partial charge in [-0.3, -0.25) is 4.79 Å². The monoisotopic (exact) mass is 543 g/mol. The van der Waals surface area contributed by atoms with Crippen molar-refractivity contribution in [1.82, 2.24) is 14.7 Å². The number of ether oxygens (including phenoxy) is 3.